The first-order valence-corrected chi connectivity index (χ1v) is 7.78. The Balaban J connectivity index is 1.76. The smallest absolute Gasteiger partial charge is 0.268 e. The maximum Gasteiger partial charge on any atom is 0.268 e. The van der Waals surface area contributed by atoms with Crippen LogP contribution in [0.3, 0.4) is 0 Å². The van der Waals surface area contributed by atoms with Crippen molar-refractivity contribution in [1.29, 1.82) is 0 Å². The van der Waals surface area contributed by atoms with E-state index < -0.39 is 0 Å². The minimum absolute atomic E-state index is 0.0556. The lowest BCUT2D eigenvalue weighted by molar-refractivity contribution is 0.561. The Bertz CT molecular complexity index is 730. The second-order valence-corrected chi connectivity index (χ2v) is 6.00. The third-order valence-electron chi connectivity index (χ3n) is 2.98. The van der Waals surface area contributed by atoms with Crippen molar-refractivity contribution in [2.45, 2.75) is 19.5 Å². The number of thiophene rings is 2. The highest BCUT2D eigenvalue weighted by Crippen LogP contribution is 2.16. The number of fused-ring (bicyclic) bond motifs is 1. The van der Waals surface area contributed by atoms with Gasteiger partial charge in [-0.2, -0.15) is 11.3 Å². The molecule has 0 aliphatic carbocycles. The number of nitrogens with one attached hydrogen (secondary N) is 2. The van der Waals surface area contributed by atoms with Crippen LogP contribution in [0.4, 0.5) is 0 Å². The average molecular weight is 291 g/mol. The summed E-state index contributed by atoms with van der Waals surface area (Å²) in [5, 5.41) is 9.43. The van der Waals surface area contributed by atoms with Crippen molar-refractivity contribution in [2.75, 3.05) is 0 Å². The van der Waals surface area contributed by atoms with E-state index in [4.69, 9.17) is 0 Å². The van der Waals surface area contributed by atoms with Crippen molar-refractivity contribution in [3.05, 3.63) is 50.0 Å². The standard InChI is InChI=1S/C13H13N3OS2/c1-8(9-2-4-18-7-9)14-6-11-15-10-3-5-19-12(10)13(17)16-11/h2-5,7-8,14H,6H2,1H3,(H,15,16,17). The molecule has 98 valence electrons. The van der Waals surface area contributed by atoms with Crippen LogP contribution >= 0.6 is 22.7 Å². The quantitative estimate of drug-likeness (QED) is 0.777. The van der Waals surface area contributed by atoms with Gasteiger partial charge >= 0.3 is 0 Å². The number of rotatable bonds is 4. The molecule has 0 aliphatic rings. The van der Waals surface area contributed by atoms with Gasteiger partial charge in [-0.1, -0.05) is 0 Å². The van der Waals surface area contributed by atoms with Gasteiger partial charge in [0, 0.05) is 6.04 Å². The van der Waals surface area contributed by atoms with Crippen molar-refractivity contribution in [1.82, 2.24) is 15.3 Å². The van der Waals surface area contributed by atoms with E-state index in [-0.39, 0.29) is 11.6 Å². The van der Waals surface area contributed by atoms with Gasteiger partial charge in [-0.15, -0.1) is 11.3 Å². The monoisotopic (exact) mass is 291 g/mol. The minimum atomic E-state index is -0.0556. The van der Waals surface area contributed by atoms with Gasteiger partial charge in [-0.25, -0.2) is 4.98 Å². The van der Waals surface area contributed by atoms with Gasteiger partial charge < -0.3 is 10.3 Å². The van der Waals surface area contributed by atoms with Gasteiger partial charge in [-0.05, 0) is 40.8 Å². The molecule has 0 spiro atoms. The van der Waals surface area contributed by atoms with E-state index in [1.807, 2.05) is 11.4 Å². The third kappa shape index (κ3) is 2.60. The Kier molecular flexibility index (Phi) is 3.46. The molecule has 4 nitrogen and oxygen atoms in total. The van der Waals surface area contributed by atoms with Crippen LogP contribution < -0.4 is 10.9 Å². The number of aromatic nitrogens is 2. The van der Waals surface area contributed by atoms with Crippen LogP contribution in [0.15, 0.2) is 33.1 Å². The van der Waals surface area contributed by atoms with Crippen molar-refractivity contribution < 1.29 is 0 Å². The van der Waals surface area contributed by atoms with Crippen LogP contribution in [0.25, 0.3) is 10.2 Å². The van der Waals surface area contributed by atoms with Crippen molar-refractivity contribution in [2.24, 2.45) is 0 Å². The number of H-pyrrole nitrogens is 1. The predicted octanol–water partition coefficient (Wildman–Crippen LogP) is 2.90. The molecule has 0 bridgehead atoms. The molecule has 19 heavy (non-hydrogen) atoms. The highest BCUT2D eigenvalue weighted by molar-refractivity contribution is 7.17. The Hall–Kier alpha value is -1.50. The SMILES string of the molecule is CC(NCc1nc2ccsc2c(=O)[nH]1)c1ccsc1. The summed E-state index contributed by atoms with van der Waals surface area (Å²) in [6, 6.07) is 4.22. The van der Waals surface area contributed by atoms with E-state index >= 15 is 0 Å². The molecule has 3 heterocycles. The number of hydrogen-bond donors (Lipinski definition) is 2. The van der Waals surface area contributed by atoms with Crippen LogP contribution in [0.5, 0.6) is 0 Å². The molecule has 6 heteroatoms. The first kappa shape index (κ1) is 12.5. The zero-order valence-corrected chi connectivity index (χ0v) is 12.0. The summed E-state index contributed by atoms with van der Waals surface area (Å²) in [5.74, 6) is 0.679. The summed E-state index contributed by atoms with van der Waals surface area (Å²) in [7, 11) is 0. The third-order valence-corrected chi connectivity index (χ3v) is 4.59. The fourth-order valence-electron chi connectivity index (χ4n) is 1.89. The van der Waals surface area contributed by atoms with E-state index in [1.54, 1.807) is 11.3 Å². The fraction of sp³-hybridized carbons (Fsp3) is 0.231. The molecule has 3 rings (SSSR count). The average Bonchev–Trinajstić information content (AvgIpc) is 3.06. The van der Waals surface area contributed by atoms with E-state index in [9.17, 15) is 4.79 Å². The first-order chi connectivity index (χ1) is 9.24. The minimum Gasteiger partial charge on any atom is -0.308 e. The Labute approximate surface area is 118 Å². The van der Waals surface area contributed by atoms with Crippen molar-refractivity contribution in [3.63, 3.8) is 0 Å². The second-order valence-electron chi connectivity index (χ2n) is 4.31. The molecular formula is C13H13N3OS2. The molecule has 0 radical (unpaired) electrons. The summed E-state index contributed by atoms with van der Waals surface area (Å²) in [6.07, 6.45) is 0. The van der Waals surface area contributed by atoms with E-state index in [0.717, 1.165) is 5.52 Å². The normalized spacial score (nSPS) is 12.9. The summed E-state index contributed by atoms with van der Waals surface area (Å²) >= 11 is 3.10. The number of aromatic amines is 1. The zero-order chi connectivity index (χ0) is 13.2. The molecule has 0 amide bonds. The molecule has 0 fully saturated rings. The van der Waals surface area contributed by atoms with Gasteiger partial charge in [0.2, 0.25) is 0 Å². The Morgan fingerprint density at radius 2 is 2.32 bits per heavy atom. The van der Waals surface area contributed by atoms with Gasteiger partial charge in [0.25, 0.3) is 5.56 Å². The highest BCUT2D eigenvalue weighted by atomic mass is 32.1. The van der Waals surface area contributed by atoms with E-state index in [0.29, 0.717) is 17.1 Å². The lowest BCUT2D eigenvalue weighted by atomic mass is 10.2. The molecule has 0 aromatic carbocycles. The van der Waals surface area contributed by atoms with Crippen molar-refractivity contribution in [3.8, 4) is 0 Å². The summed E-state index contributed by atoms with van der Waals surface area (Å²) in [4.78, 5) is 19.1. The first-order valence-electron chi connectivity index (χ1n) is 5.96. The van der Waals surface area contributed by atoms with E-state index in [1.165, 1.54) is 16.9 Å². The van der Waals surface area contributed by atoms with Gasteiger partial charge in [0.15, 0.2) is 0 Å². The lowest BCUT2D eigenvalue weighted by Crippen LogP contribution is -2.21. The molecule has 0 saturated heterocycles. The van der Waals surface area contributed by atoms with Crippen LogP contribution in [-0.2, 0) is 6.54 Å². The largest absolute Gasteiger partial charge is 0.308 e. The molecule has 0 saturated carbocycles. The van der Waals surface area contributed by atoms with Crippen LogP contribution in [0, 0.1) is 0 Å². The molecular weight excluding hydrogens is 278 g/mol. The predicted molar refractivity (Wildman–Crippen MR) is 79.8 cm³/mol. The molecule has 0 aliphatic heterocycles. The maximum atomic E-state index is 11.8. The summed E-state index contributed by atoms with van der Waals surface area (Å²) in [6.45, 7) is 2.65. The topological polar surface area (TPSA) is 57.8 Å². The Morgan fingerprint density at radius 3 is 3.11 bits per heavy atom. The van der Waals surface area contributed by atoms with Gasteiger partial charge in [0.1, 0.15) is 10.5 Å². The zero-order valence-electron chi connectivity index (χ0n) is 10.3. The molecule has 2 N–H and O–H groups in total. The molecule has 3 aromatic heterocycles. The van der Waals surface area contributed by atoms with Crippen molar-refractivity contribution >= 4 is 32.9 Å². The highest BCUT2D eigenvalue weighted by Gasteiger charge is 2.08. The van der Waals surface area contributed by atoms with Crippen LogP contribution in [0.2, 0.25) is 0 Å². The van der Waals surface area contributed by atoms with Gasteiger partial charge in [0.05, 0.1) is 12.1 Å². The molecule has 3 aromatic rings. The van der Waals surface area contributed by atoms with E-state index in [2.05, 4.69) is 39.0 Å². The maximum absolute atomic E-state index is 11.8. The molecule has 1 unspecified atom stereocenters. The second kappa shape index (κ2) is 5.24. The summed E-state index contributed by atoms with van der Waals surface area (Å²) < 4.78 is 0.689. The van der Waals surface area contributed by atoms with Gasteiger partial charge in [-0.3, -0.25) is 4.79 Å². The molecule has 1 atom stereocenters. The van der Waals surface area contributed by atoms with Crippen LogP contribution in [-0.4, -0.2) is 9.97 Å². The fourth-order valence-corrected chi connectivity index (χ4v) is 3.37. The summed E-state index contributed by atoms with van der Waals surface area (Å²) in [5.41, 5.74) is 1.97. The van der Waals surface area contributed by atoms with Crippen LogP contribution in [0.1, 0.15) is 24.4 Å². The Morgan fingerprint density at radius 1 is 1.42 bits per heavy atom. The lowest BCUT2D eigenvalue weighted by Gasteiger charge is -2.11. The number of hydrogen-bond acceptors (Lipinski definition) is 5. The number of nitrogens with zero attached hydrogens (tertiary/aromatic N) is 1.